The minimum atomic E-state index is 0.739. The van der Waals surface area contributed by atoms with Crippen molar-refractivity contribution in [2.45, 2.75) is 32.0 Å². The van der Waals surface area contributed by atoms with E-state index >= 15 is 0 Å². The third-order valence-electron chi connectivity index (χ3n) is 3.55. The van der Waals surface area contributed by atoms with Crippen molar-refractivity contribution in [3.63, 3.8) is 0 Å². The Hall–Kier alpha value is -1.88. The fourth-order valence-corrected chi connectivity index (χ4v) is 2.21. The molecule has 1 fully saturated rings. The molecule has 1 aliphatic rings. The lowest BCUT2D eigenvalue weighted by molar-refractivity contribution is 0.685. The number of anilines is 1. The topological polar surface area (TPSA) is 46.0 Å². The van der Waals surface area contributed by atoms with Crippen LogP contribution in [0.4, 0.5) is 5.82 Å². The van der Waals surface area contributed by atoms with Gasteiger partial charge < -0.3 is 10.2 Å². The standard InChI is InChI=1S/C15H21N5/c1-19(10-13-9-18-20(2)11-13)15-6-3-12(8-17-15)7-16-14-4-5-14/h3,6,8-9,11,14,16H,4-5,7,10H2,1-2H3. The summed E-state index contributed by atoms with van der Waals surface area (Å²) in [5.41, 5.74) is 2.44. The second-order valence-corrected chi connectivity index (χ2v) is 5.56. The summed E-state index contributed by atoms with van der Waals surface area (Å²) >= 11 is 0. The van der Waals surface area contributed by atoms with E-state index in [1.54, 1.807) is 0 Å². The van der Waals surface area contributed by atoms with Gasteiger partial charge in [-0.05, 0) is 24.5 Å². The Morgan fingerprint density at radius 3 is 2.75 bits per heavy atom. The summed E-state index contributed by atoms with van der Waals surface area (Å²) in [6, 6.07) is 4.97. The molecule has 0 unspecified atom stereocenters. The van der Waals surface area contributed by atoms with Gasteiger partial charge in [-0.2, -0.15) is 5.10 Å². The molecule has 1 saturated carbocycles. The Morgan fingerprint density at radius 2 is 2.15 bits per heavy atom. The van der Waals surface area contributed by atoms with Crippen LogP contribution in [0.1, 0.15) is 24.0 Å². The maximum atomic E-state index is 4.54. The SMILES string of the molecule is CN(Cc1cnn(C)c1)c1ccc(CNC2CC2)cn1. The molecule has 106 valence electrons. The van der Waals surface area contributed by atoms with Gasteiger partial charge in [-0.15, -0.1) is 0 Å². The number of nitrogens with zero attached hydrogens (tertiary/aromatic N) is 4. The maximum absolute atomic E-state index is 4.54. The summed E-state index contributed by atoms with van der Waals surface area (Å²) in [7, 11) is 3.99. The third kappa shape index (κ3) is 3.36. The monoisotopic (exact) mass is 271 g/mol. The average Bonchev–Trinajstić information content (AvgIpc) is 3.20. The number of hydrogen-bond donors (Lipinski definition) is 1. The van der Waals surface area contributed by atoms with Gasteiger partial charge >= 0.3 is 0 Å². The lowest BCUT2D eigenvalue weighted by Crippen LogP contribution is -2.18. The Bertz CT molecular complexity index is 556. The predicted molar refractivity (Wildman–Crippen MR) is 79.4 cm³/mol. The Balaban J connectivity index is 1.57. The van der Waals surface area contributed by atoms with E-state index in [2.05, 4.69) is 39.5 Å². The molecule has 0 amide bonds. The van der Waals surface area contributed by atoms with Gasteiger partial charge in [0, 0.05) is 51.2 Å². The first-order valence-corrected chi connectivity index (χ1v) is 7.08. The van der Waals surface area contributed by atoms with E-state index in [0.29, 0.717) is 0 Å². The van der Waals surface area contributed by atoms with Crippen LogP contribution in [0.25, 0.3) is 0 Å². The molecule has 0 aromatic carbocycles. The smallest absolute Gasteiger partial charge is 0.128 e. The first kappa shape index (κ1) is 13.1. The Morgan fingerprint density at radius 1 is 1.30 bits per heavy atom. The maximum Gasteiger partial charge on any atom is 0.128 e. The van der Waals surface area contributed by atoms with Gasteiger partial charge in [0.25, 0.3) is 0 Å². The molecule has 2 aromatic rings. The quantitative estimate of drug-likeness (QED) is 0.868. The van der Waals surface area contributed by atoms with Crippen molar-refractivity contribution in [3.05, 3.63) is 41.9 Å². The summed E-state index contributed by atoms with van der Waals surface area (Å²) in [5, 5.41) is 7.69. The van der Waals surface area contributed by atoms with Crippen LogP contribution in [0.2, 0.25) is 0 Å². The van der Waals surface area contributed by atoms with Crippen molar-refractivity contribution >= 4 is 5.82 Å². The summed E-state index contributed by atoms with van der Waals surface area (Å²) in [5.74, 6) is 0.990. The number of aromatic nitrogens is 3. The minimum absolute atomic E-state index is 0.739. The molecule has 0 radical (unpaired) electrons. The number of nitrogens with one attached hydrogen (secondary N) is 1. The molecule has 0 saturated heterocycles. The van der Waals surface area contributed by atoms with Crippen LogP contribution in [0.5, 0.6) is 0 Å². The Kier molecular flexibility index (Phi) is 3.69. The zero-order valence-corrected chi connectivity index (χ0v) is 12.1. The van der Waals surface area contributed by atoms with Crippen molar-refractivity contribution in [1.82, 2.24) is 20.1 Å². The molecular weight excluding hydrogens is 250 g/mol. The van der Waals surface area contributed by atoms with E-state index in [4.69, 9.17) is 0 Å². The Labute approximate surface area is 119 Å². The highest BCUT2D eigenvalue weighted by Crippen LogP contribution is 2.19. The molecule has 0 atom stereocenters. The first-order chi connectivity index (χ1) is 9.70. The largest absolute Gasteiger partial charge is 0.355 e. The molecule has 0 bridgehead atoms. The van der Waals surface area contributed by atoms with Crippen LogP contribution in [0.15, 0.2) is 30.7 Å². The molecule has 2 aromatic heterocycles. The highest BCUT2D eigenvalue weighted by Gasteiger charge is 2.19. The van der Waals surface area contributed by atoms with Gasteiger partial charge in [-0.1, -0.05) is 6.07 Å². The van der Waals surface area contributed by atoms with Crippen molar-refractivity contribution in [3.8, 4) is 0 Å². The fraction of sp³-hybridized carbons (Fsp3) is 0.467. The van der Waals surface area contributed by atoms with Crippen LogP contribution in [0, 0.1) is 0 Å². The molecule has 2 heterocycles. The number of aryl methyl sites for hydroxylation is 1. The zero-order chi connectivity index (χ0) is 13.9. The van der Waals surface area contributed by atoms with Crippen LogP contribution in [0.3, 0.4) is 0 Å². The summed E-state index contributed by atoms with van der Waals surface area (Å²) < 4.78 is 1.82. The number of pyridine rings is 1. The van der Waals surface area contributed by atoms with E-state index in [1.165, 1.54) is 24.0 Å². The minimum Gasteiger partial charge on any atom is -0.355 e. The molecule has 0 spiro atoms. The van der Waals surface area contributed by atoms with Crippen molar-refractivity contribution in [2.75, 3.05) is 11.9 Å². The van der Waals surface area contributed by atoms with Gasteiger partial charge in [-0.25, -0.2) is 4.98 Å². The predicted octanol–water partition coefficient (Wildman–Crippen LogP) is 1.70. The molecule has 0 aliphatic heterocycles. The number of rotatable bonds is 6. The first-order valence-electron chi connectivity index (χ1n) is 7.08. The molecule has 1 aliphatic carbocycles. The van der Waals surface area contributed by atoms with Gasteiger partial charge in [0.2, 0.25) is 0 Å². The van der Waals surface area contributed by atoms with E-state index in [1.807, 2.05) is 30.3 Å². The van der Waals surface area contributed by atoms with Gasteiger partial charge in [0.05, 0.1) is 6.20 Å². The van der Waals surface area contributed by atoms with Crippen molar-refractivity contribution < 1.29 is 0 Å². The van der Waals surface area contributed by atoms with Crippen LogP contribution in [-0.4, -0.2) is 27.9 Å². The molecule has 3 rings (SSSR count). The second-order valence-electron chi connectivity index (χ2n) is 5.56. The summed E-state index contributed by atoms with van der Waals surface area (Å²) in [4.78, 5) is 6.67. The lowest BCUT2D eigenvalue weighted by Gasteiger charge is -2.17. The van der Waals surface area contributed by atoms with Gasteiger partial charge in [-0.3, -0.25) is 4.68 Å². The molecule has 1 N–H and O–H groups in total. The summed E-state index contributed by atoms with van der Waals surface area (Å²) in [6.45, 7) is 1.74. The summed E-state index contributed by atoms with van der Waals surface area (Å²) in [6.07, 6.45) is 8.53. The molecular formula is C15H21N5. The van der Waals surface area contributed by atoms with Gasteiger partial charge in [0.15, 0.2) is 0 Å². The fourth-order valence-electron chi connectivity index (χ4n) is 2.21. The van der Waals surface area contributed by atoms with E-state index in [0.717, 1.165) is 24.9 Å². The van der Waals surface area contributed by atoms with Crippen LogP contribution < -0.4 is 10.2 Å². The van der Waals surface area contributed by atoms with Crippen molar-refractivity contribution in [1.29, 1.82) is 0 Å². The van der Waals surface area contributed by atoms with E-state index in [9.17, 15) is 0 Å². The van der Waals surface area contributed by atoms with Crippen LogP contribution >= 0.6 is 0 Å². The zero-order valence-electron chi connectivity index (χ0n) is 12.1. The highest BCUT2D eigenvalue weighted by molar-refractivity contribution is 5.39. The van der Waals surface area contributed by atoms with Crippen LogP contribution in [-0.2, 0) is 20.1 Å². The lowest BCUT2D eigenvalue weighted by atomic mass is 10.2. The number of hydrogen-bond acceptors (Lipinski definition) is 4. The third-order valence-corrected chi connectivity index (χ3v) is 3.55. The van der Waals surface area contributed by atoms with Crippen molar-refractivity contribution in [2.24, 2.45) is 7.05 Å². The molecule has 5 nitrogen and oxygen atoms in total. The molecule has 5 heteroatoms. The van der Waals surface area contributed by atoms with E-state index in [-0.39, 0.29) is 0 Å². The van der Waals surface area contributed by atoms with E-state index < -0.39 is 0 Å². The van der Waals surface area contributed by atoms with Gasteiger partial charge in [0.1, 0.15) is 5.82 Å². The second kappa shape index (κ2) is 5.63. The average molecular weight is 271 g/mol. The molecule has 20 heavy (non-hydrogen) atoms. The normalized spacial score (nSPS) is 14.5. The highest BCUT2D eigenvalue weighted by atomic mass is 15.2.